The van der Waals surface area contributed by atoms with E-state index in [0.717, 1.165) is 16.7 Å². The zero-order chi connectivity index (χ0) is 19.3. The summed E-state index contributed by atoms with van der Waals surface area (Å²) in [6.07, 6.45) is 0.440. The normalized spacial score (nSPS) is 17.9. The molecule has 0 saturated carbocycles. The van der Waals surface area contributed by atoms with Gasteiger partial charge in [0, 0.05) is 6.61 Å². The van der Waals surface area contributed by atoms with Crippen LogP contribution in [0, 0.1) is 19.8 Å². The maximum atomic E-state index is 12.7. The van der Waals surface area contributed by atoms with E-state index in [0.29, 0.717) is 24.2 Å². The van der Waals surface area contributed by atoms with Crippen molar-refractivity contribution in [3.8, 4) is 0 Å². The Hall–Kier alpha value is -2.34. The molecule has 0 unspecified atom stereocenters. The van der Waals surface area contributed by atoms with Crippen molar-refractivity contribution in [2.75, 3.05) is 13.2 Å². The van der Waals surface area contributed by atoms with Gasteiger partial charge in [0.05, 0.1) is 18.2 Å². The van der Waals surface area contributed by atoms with Gasteiger partial charge in [-0.3, -0.25) is 4.79 Å². The van der Waals surface area contributed by atoms with Gasteiger partial charge in [0.15, 0.2) is 0 Å². The van der Waals surface area contributed by atoms with E-state index < -0.39 is 12.2 Å². The van der Waals surface area contributed by atoms with Gasteiger partial charge in [0.25, 0.3) is 5.91 Å². The fraction of sp³-hybridized carbons (Fsp3) is 0.500. The predicted molar refractivity (Wildman–Crippen MR) is 98.4 cm³/mol. The SMILES string of the molecule is CCOC(=O)OC1=C(c2cc(C)ccc2C)C(=O)N[C@@H]1CC[C@H](C)CO. The van der Waals surface area contributed by atoms with E-state index in [1.54, 1.807) is 6.92 Å². The first-order chi connectivity index (χ1) is 12.4. The molecule has 1 aromatic rings. The molecule has 2 rings (SSSR count). The predicted octanol–water partition coefficient (Wildman–Crippen LogP) is 3.09. The van der Waals surface area contributed by atoms with E-state index in [4.69, 9.17) is 9.47 Å². The van der Waals surface area contributed by atoms with E-state index >= 15 is 0 Å². The number of rotatable bonds is 7. The average Bonchev–Trinajstić information content (AvgIpc) is 2.90. The van der Waals surface area contributed by atoms with Crippen molar-refractivity contribution in [3.05, 3.63) is 40.6 Å². The summed E-state index contributed by atoms with van der Waals surface area (Å²) >= 11 is 0. The van der Waals surface area contributed by atoms with Crippen molar-refractivity contribution >= 4 is 17.6 Å². The molecular weight excluding hydrogens is 334 g/mol. The van der Waals surface area contributed by atoms with E-state index in [1.165, 1.54) is 0 Å². The molecule has 142 valence electrons. The van der Waals surface area contributed by atoms with Crippen LogP contribution in [-0.4, -0.2) is 36.4 Å². The number of benzene rings is 1. The molecule has 6 nitrogen and oxygen atoms in total. The summed E-state index contributed by atoms with van der Waals surface area (Å²) in [5.41, 5.74) is 3.06. The van der Waals surface area contributed by atoms with Crippen LogP contribution >= 0.6 is 0 Å². The van der Waals surface area contributed by atoms with E-state index in [-0.39, 0.29) is 25.0 Å². The molecule has 1 aliphatic rings. The van der Waals surface area contributed by atoms with Crippen LogP contribution in [0.4, 0.5) is 4.79 Å². The number of hydrogen-bond acceptors (Lipinski definition) is 5. The first-order valence-corrected chi connectivity index (χ1v) is 8.95. The smallest absolute Gasteiger partial charge is 0.434 e. The van der Waals surface area contributed by atoms with Crippen molar-refractivity contribution < 1.29 is 24.2 Å². The number of aryl methyl sites for hydroxylation is 2. The van der Waals surface area contributed by atoms with E-state index in [2.05, 4.69) is 5.32 Å². The molecule has 0 saturated heterocycles. The molecule has 1 amide bonds. The minimum atomic E-state index is -0.818. The number of hydrogen-bond donors (Lipinski definition) is 2. The first kappa shape index (κ1) is 20.0. The maximum Gasteiger partial charge on any atom is 0.513 e. The third-order valence-corrected chi connectivity index (χ3v) is 4.47. The average molecular weight is 361 g/mol. The van der Waals surface area contributed by atoms with Gasteiger partial charge >= 0.3 is 6.16 Å². The highest BCUT2D eigenvalue weighted by Gasteiger charge is 2.36. The maximum absolute atomic E-state index is 12.7. The van der Waals surface area contributed by atoms with Crippen molar-refractivity contribution in [2.45, 2.75) is 46.6 Å². The number of aliphatic hydroxyl groups is 1. The number of amides is 1. The highest BCUT2D eigenvalue weighted by atomic mass is 16.7. The van der Waals surface area contributed by atoms with Gasteiger partial charge in [0.1, 0.15) is 5.76 Å². The molecule has 2 N–H and O–H groups in total. The summed E-state index contributed by atoms with van der Waals surface area (Å²) in [6, 6.07) is 5.40. The molecule has 1 aromatic carbocycles. The Labute approximate surface area is 154 Å². The van der Waals surface area contributed by atoms with Gasteiger partial charge in [-0.05, 0) is 50.7 Å². The molecule has 2 atom stereocenters. The molecule has 0 aromatic heterocycles. The van der Waals surface area contributed by atoms with Crippen LogP contribution in [0.15, 0.2) is 24.0 Å². The second kappa shape index (κ2) is 8.85. The second-order valence-corrected chi connectivity index (χ2v) is 6.73. The van der Waals surface area contributed by atoms with Crippen LogP contribution in [0.5, 0.6) is 0 Å². The number of nitrogens with one attached hydrogen (secondary N) is 1. The largest absolute Gasteiger partial charge is 0.513 e. The molecule has 0 spiro atoms. The molecule has 26 heavy (non-hydrogen) atoms. The van der Waals surface area contributed by atoms with Gasteiger partial charge in [-0.1, -0.05) is 30.7 Å². The Balaban J connectivity index is 2.42. The molecule has 0 aliphatic carbocycles. The fourth-order valence-electron chi connectivity index (χ4n) is 2.95. The monoisotopic (exact) mass is 361 g/mol. The first-order valence-electron chi connectivity index (χ1n) is 8.95. The summed E-state index contributed by atoms with van der Waals surface area (Å²) < 4.78 is 10.3. The van der Waals surface area contributed by atoms with Gasteiger partial charge in [-0.25, -0.2) is 4.79 Å². The lowest BCUT2D eigenvalue weighted by molar-refractivity contribution is -0.115. The lowest BCUT2D eigenvalue weighted by atomic mass is 9.96. The highest BCUT2D eigenvalue weighted by molar-refractivity contribution is 6.23. The number of aliphatic hydroxyl groups excluding tert-OH is 1. The van der Waals surface area contributed by atoms with Crippen LogP contribution in [0.25, 0.3) is 5.57 Å². The van der Waals surface area contributed by atoms with Gasteiger partial charge in [-0.2, -0.15) is 0 Å². The summed E-state index contributed by atoms with van der Waals surface area (Å²) in [5.74, 6) is 0.132. The molecule has 1 heterocycles. The second-order valence-electron chi connectivity index (χ2n) is 6.73. The lowest BCUT2D eigenvalue weighted by Crippen LogP contribution is -2.30. The molecule has 0 bridgehead atoms. The lowest BCUT2D eigenvalue weighted by Gasteiger charge is -2.17. The summed E-state index contributed by atoms with van der Waals surface area (Å²) in [5, 5.41) is 12.1. The van der Waals surface area contributed by atoms with Crippen LogP contribution in [0.1, 0.15) is 43.4 Å². The number of ether oxygens (including phenoxy) is 2. The topological polar surface area (TPSA) is 84.9 Å². The Morgan fingerprint density at radius 3 is 2.73 bits per heavy atom. The molecule has 0 radical (unpaired) electrons. The fourth-order valence-corrected chi connectivity index (χ4v) is 2.95. The van der Waals surface area contributed by atoms with Crippen molar-refractivity contribution in [2.24, 2.45) is 5.92 Å². The summed E-state index contributed by atoms with van der Waals surface area (Å²) in [6.45, 7) is 7.75. The van der Waals surface area contributed by atoms with Gasteiger partial charge in [-0.15, -0.1) is 0 Å². The summed E-state index contributed by atoms with van der Waals surface area (Å²) in [7, 11) is 0. The Kier molecular flexibility index (Phi) is 6.80. The van der Waals surface area contributed by atoms with Gasteiger partial charge < -0.3 is 19.9 Å². The quantitative estimate of drug-likeness (QED) is 0.729. The van der Waals surface area contributed by atoms with E-state index in [9.17, 15) is 14.7 Å². The van der Waals surface area contributed by atoms with Gasteiger partial charge in [0.2, 0.25) is 0 Å². The van der Waals surface area contributed by atoms with Crippen LogP contribution < -0.4 is 5.32 Å². The minimum absolute atomic E-state index is 0.0717. The van der Waals surface area contributed by atoms with Crippen LogP contribution in [0.2, 0.25) is 0 Å². The summed E-state index contributed by atoms with van der Waals surface area (Å²) in [4.78, 5) is 24.6. The zero-order valence-electron chi connectivity index (χ0n) is 15.8. The zero-order valence-corrected chi connectivity index (χ0v) is 15.8. The third kappa shape index (κ3) is 4.64. The standard InChI is InChI=1S/C20H27NO5/c1-5-25-20(24)26-18-16(9-7-13(3)11-22)21-19(23)17(18)15-10-12(2)6-8-14(15)4/h6,8,10,13,16,22H,5,7,9,11H2,1-4H3,(H,21,23)/t13-,16+/m0/s1. The number of carbonyl (C=O) groups is 2. The molecule has 6 heteroatoms. The van der Waals surface area contributed by atoms with E-state index in [1.807, 2.05) is 39.0 Å². The van der Waals surface area contributed by atoms with Crippen molar-refractivity contribution in [1.82, 2.24) is 5.32 Å². The highest BCUT2D eigenvalue weighted by Crippen LogP contribution is 2.32. The Morgan fingerprint density at radius 2 is 2.08 bits per heavy atom. The van der Waals surface area contributed by atoms with Crippen molar-refractivity contribution in [3.63, 3.8) is 0 Å². The Bertz CT molecular complexity index is 710. The third-order valence-electron chi connectivity index (χ3n) is 4.47. The molecular formula is C20H27NO5. The molecule has 1 aliphatic heterocycles. The molecule has 0 fully saturated rings. The minimum Gasteiger partial charge on any atom is -0.434 e. The van der Waals surface area contributed by atoms with Crippen molar-refractivity contribution in [1.29, 1.82) is 0 Å². The van der Waals surface area contributed by atoms with Crippen LogP contribution in [-0.2, 0) is 14.3 Å². The van der Waals surface area contributed by atoms with Crippen LogP contribution in [0.3, 0.4) is 0 Å². The number of carbonyl (C=O) groups excluding carboxylic acids is 2. The Morgan fingerprint density at radius 1 is 1.35 bits per heavy atom.